The lowest BCUT2D eigenvalue weighted by atomic mass is 10.0. The molecule has 7 heteroatoms. The van der Waals surface area contributed by atoms with Crippen molar-refractivity contribution in [1.82, 2.24) is 20.0 Å². The molecule has 146 valence electrons. The van der Waals surface area contributed by atoms with Crippen LogP contribution in [-0.4, -0.2) is 27.6 Å². The van der Waals surface area contributed by atoms with Gasteiger partial charge in [-0.3, -0.25) is 14.2 Å². The van der Waals surface area contributed by atoms with E-state index in [1.807, 2.05) is 31.3 Å². The Kier molecular flexibility index (Phi) is 3.86. The number of amides is 1. The van der Waals surface area contributed by atoms with Gasteiger partial charge in [-0.05, 0) is 49.2 Å². The quantitative estimate of drug-likeness (QED) is 0.576. The molecule has 0 aliphatic rings. The van der Waals surface area contributed by atoms with Crippen molar-refractivity contribution in [3.05, 3.63) is 82.2 Å². The van der Waals surface area contributed by atoms with Crippen molar-refractivity contribution in [3.63, 3.8) is 0 Å². The molecule has 0 spiro atoms. The highest BCUT2D eigenvalue weighted by atomic mass is 16.5. The average Bonchev–Trinajstić information content (AvgIpc) is 3.18. The second-order valence-corrected chi connectivity index (χ2v) is 6.76. The van der Waals surface area contributed by atoms with Crippen LogP contribution in [0.15, 0.2) is 64.4 Å². The van der Waals surface area contributed by atoms with E-state index in [4.69, 9.17) is 8.64 Å². The van der Waals surface area contributed by atoms with E-state index in [0.717, 1.165) is 16.8 Å². The summed E-state index contributed by atoms with van der Waals surface area (Å²) in [6, 6.07) is 11.4. The first-order valence-corrected chi connectivity index (χ1v) is 8.99. The molecular formula is C22H20N4O3. The van der Waals surface area contributed by atoms with E-state index in [0.29, 0.717) is 16.5 Å². The van der Waals surface area contributed by atoms with Crippen LogP contribution in [-0.2, 0) is 0 Å². The Labute approximate surface area is 171 Å². The zero-order valence-corrected chi connectivity index (χ0v) is 15.8. The third-order valence-electron chi connectivity index (χ3n) is 5.01. The van der Waals surface area contributed by atoms with Gasteiger partial charge in [-0.15, -0.1) is 0 Å². The van der Waals surface area contributed by atoms with Gasteiger partial charge in [-0.2, -0.15) is 0 Å². The number of hydrogen-bond donors (Lipinski definition) is 1. The Balaban J connectivity index is 1.69. The molecule has 4 rings (SSSR count). The van der Waals surface area contributed by atoms with Crippen LogP contribution in [0.4, 0.5) is 0 Å². The molecule has 0 bridgehead atoms. The van der Waals surface area contributed by atoms with Gasteiger partial charge in [0.05, 0.1) is 29.0 Å². The van der Waals surface area contributed by atoms with E-state index < -0.39 is 18.9 Å². The summed E-state index contributed by atoms with van der Waals surface area (Å²) in [5.74, 6) is -0.709. The maximum absolute atomic E-state index is 13.2. The lowest BCUT2D eigenvalue weighted by Gasteiger charge is -2.16. The summed E-state index contributed by atoms with van der Waals surface area (Å²) in [6.07, 6.45) is 3.02. The van der Waals surface area contributed by atoms with Crippen LogP contribution >= 0.6 is 0 Å². The Morgan fingerprint density at radius 2 is 2.14 bits per heavy atom. The molecule has 29 heavy (non-hydrogen) atoms. The van der Waals surface area contributed by atoms with Crippen molar-refractivity contribution in [2.75, 3.05) is 6.98 Å². The minimum Gasteiger partial charge on any atom is -0.364 e. The van der Waals surface area contributed by atoms with Crippen LogP contribution in [0.1, 0.15) is 38.7 Å². The minimum atomic E-state index is -2.58. The van der Waals surface area contributed by atoms with Gasteiger partial charge in [0, 0.05) is 22.2 Å². The molecule has 1 unspecified atom stereocenters. The number of nitrogens with zero attached hydrogens (tertiary/aromatic N) is 3. The summed E-state index contributed by atoms with van der Waals surface area (Å²) in [7, 11) is 0. The van der Waals surface area contributed by atoms with E-state index >= 15 is 0 Å². The maximum atomic E-state index is 13.2. The molecule has 7 nitrogen and oxygen atoms in total. The topological polar surface area (TPSA) is 90.0 Å². The summed E-state index contributed by atoms with van der Waals surface area (Å²) in [6.45, 7) is 1.06. The molecule has 0 radical (unpaired) electrons. The van der Waals surface area contributed by atoms with E-state index in [-0.39, 0.29) is 11.1 Å². The van der Waals surface area contributed by atoms with Crippen LogP contribution in [0, 0.1) is 6.92 Å². The van der Waals surface area contributed by atoms with Crippen molar-refractivity contribution in [3.8, 4) is 11.1 Å². The number of aromatic nitrogens is 3. The van der Waals surface area contributed by atoms with Crippen molar-refractivity contribution in [2.24, 2.45) is 0 Å². The Morgan fingerprint density at radius 3 is 2.90 bits per heavy atom. The van der Waals surface area contributed by atoms with E-state index in [2.05, 4.69) is 10.1 Å². The normalized spacial score (nSPS) is 14.1. The van der Waals surface area contributed by atoms with E-state index in [1.165, 1.54) is 17.0 Å². The Bertz CT molecular complexity index is 1370. The summed E-state index contributed by atoms with van der Waals surface area (Å²) in [4.78, 5) is 29.8. The Morgan fingerprint density at radius 1 is 1.28 bits per heavy atom. The molecule has 1 amide bonds. The highest BCUT2D eigenvalue weighted by molar-refractivity contribution is 5.94. The van der Waals surface area contributed by atoms with Crippen molar-refractivity contribution in [1.29, 1.82) is 0 Å². The minimum absolute atomic E-state index is 0.195. The molecule has 0 aliphatic heterocycles. The van der Waals surface area contributed by atoms with Gasteiger partial charge in [-0.25, -0.2) is 4.98 Å². The molecule has 0 fully saturated rings. The highest BCUT2D eigenvalue weighted by Crippen LogP contribution is 2.25. The summed E-state index contributed by atoms with van der Waals surface area (Å²) >= 11 is 0. The first-order valence-electron chi connectivity index (χ1n) is 10.5. The third kappa shape index (κ3) is 3.31. The molecule has 4 aromatic rings. The van der Waals surface area contributed by atoms with Gasteiger partial charge in [0.1, 0.15) is 6.26 Å². The lowest BCUT2D eigenvalue weighted by molar-refractivity contribution is 0.0963. The van der Waals surface area contributed by atoms with Gasteiger partial charge < -0.3 is 9.84 Å². The molecule has 0 aliphatic carbocycles. The maximum Gasteiger partial charge on any atom is 0.261 e. The van der Waals surface area contributed by atoms with Crippen LogP contribution in [0.5, 0.6) is 0 Å². The first kappa shape index (κ1) is 15.2. The largest absolute Gasteiger partial charge is 0.364 e. The van der Waals surface area contributed by atoms with Crippen LogP contribution in [0.3, 0.4) is 0 Å². The van der Waals surface area contributed by atoms with E-state index in [9.17, 15) is 9.59 Å². The number of fused-ring (bicyclic) bond motifs is 1. The molecule has 0 saturated carbocycles. The molecular weight excluding hydrogens is 368 g/mol. The van der Waals surface area contributed by atoms with E-state index in [1.54, 1.807) is 30.5 Å². The van der Waals surface area contributed by atoms with Crippen LogP contribution < -0.4 is 10.9 Å². The highest BCUT2D eigenvalue weighted by Gasteiger charge is 2.15. The second kappa shape index (κ2) is 7.35. The SMILES string of the molecule is [2H]C([2H])([2H])NC(=O)c1cccc(C(C)n2cnc3cc(-c4conc4C)ccc3c2=O)c1. The van der Waals surface area contributed by atoms with Crippen LogP contribution in [0.25, 0.3) is 22.0 Å². The molecule has 2 aromatic heterocycles. The van der Waals surface area contributed by atoms with Crippen molar-refractivity contribution in [2.45, 2.75) is 19.9 Å². The standard InChI is InChI=1S/C22H20N4O3/c1-13-19(11-29-25-13)16-7-8-18-20(10-16)24-12-26(22(18)28)14(2)15-5-4-6-17(9-15)21(27)23-3/h4-12,14H,1-3H3,(H,23,27)/i3D3. The number of nitrogens with one attached hydrogen (secondary N) is 1. The molecule has 1 N–H and O–H groups in total. The fourth-order valence-electron chi connectivity index (χ4n) is 3.32. The smallest absolute Gasteiger partial charge is 0.261 e. The average molecular weight is 391 g/mol. The number of rotatable bonds is 4. The van der Waals surface area contributed by atoms with Gasteiger partial charge in [0.25, 0.3) is 11.5 Å². The number of carbonyl (C=O) groups is 1. The molecule has 2 heterocycles. The fraction of sp³-hybridized carbons (Fsp3) is 0.182. The predicted molar refractivity (Wildman–Crippen MR) is 110 cm³/mol. The third-order valence-corrected chi connectivity index (χ3v) is 5.01. The number of hydrogen-bond acceptors (Lipinski definition) is 5. The Hall–Kier alpha value is -3.74. The van der Waals surface area contributed by atoms with Gasteiger partial charge in [0.15, 0.2) is 0 Å². The second-order valence-electron chi connectivity index (χ2n) is 6.76. The molecule has 2 aromatic carbocycles. The van der Waals surface area contributed by atoms with Gasteiger partial charge in [-0.1, -0.05) is 23.4 Å². The number of benzene rings is 2. The molecule has 0 saturated heterocycles. The number of aryl methyl sites for hydroxylation is 1. The summed E-state index contributed by atoms with van der Waals surface area (Å²) < 4.78 is 28.1. The van der Waals surface area contributed by atoms with Crippen molar-refractivity contribution >= 4 is 16.8 Å². The summed E-state index contributed by atoms with van der Waals surface area (Å²) in [5.41, 5.74) is 3.61. The van der Waals surface area contributed by atoms with Crippen molar-refractivity contribution < 1.29 is 13.4 Å². The zero-order valence-electron chi connectivity index (χ0n) is 18.8. The first-order chi connectivity index (χ1) is 15.1. The molecule has 1 atom stereocenters. The van der Waals surface area contributed by atoms with Gasteiger partial charge in [0.2, 0.25) is 0 Å². The number of carbonyl (C=O) groups excluding carboxylic acids is 1. The fourth-order valence-corrected chi connectivity index (χ4v) is 3.32. The monoisotopic (exact) mass is 391 g/mol. The predicted octanol–water partition coefficient (Wildman–Crippen LogP) is 3.33. The lowest BCUT2D eigenvalue weighted by Crippen LogP contribution is -2.25. The summed E-state index contributed by atoms with van der Waals surface area (Å²) in [5, 5.41) is 6.30. The zero-order chi connectivity index (χ0) is 23.0. The van der Waals surface area contributed by atoms with Crippen LogP contribution in [0.2, 0.25) is 0 Å². The van der Waals surface area contributed by atoms with Gasteiger partial charge >= 0.3 is 0 Å².